The summed E-state index contributed by atoms with van der Waals surface area (Å²) in [6.45, 7) is 0. The Morgan fingerprint density at radius 3 is 0.786 bits per heavy atom. The lowest BCUT2D eigenvalue weighted by atomic mass is 10.3. The van der Waals surface area contributed by atoms with Gasteiger partial charge >= 0.3 is 0 Å². The Kier molecular flexibility index (Phi) is 4.07. The molecule has 0 radical (unpaired) electrons. The first-order valence-corrected chi connectivity index (χ1v) is 8.92. The molecule has 4 aromatic carbocycles. The zero-order valence-corrected chi connectivity index (χ0v) is 14.9. The van der Waals surface area contributed by atoms with Crippen LogP contribution in [0, 0.1) is 0 Å². The van der Waals surface area contributed by atoms with Gasteiger partial charge in [-0.05, 0) is 72.8 Å². The highest BCUT2D eigenvalue weighted by Crippen LogP contribution is 2.16. The van der Waals surface area contributed by atoms with Crippen molar-refractivity contribution in [3.8, 4) is 0 Å². The van der Waals surface area contributed by atoms with Crippen molar-refractivity contribution in [2.75, 3.05) is 0 Å². The molecule has 4 heterocycles. The molecule has 28 heavy (non-hydrogen) atoms. The van der Waals surface area contributed by atoms with Crippen LogP contribution in [0.15, 0.2) is 115 Å². The number of benzene rings is 4. The highest BCUT2D eigenvalue weighted by atomic mass is 16.3. The van der Waals surface area contributed by atoms with Gasteiger partial charge in [-0.2, -0.15) is 0 Å². The Balaban J connectivity index is 1.87. The van der Waals surface area contributed by atoms with Crippen molar-refractivity contribution < 1.29 is 17.7 Å². The molecular weight excluding hydrogens is 352 g/mol. The highest BCUT2D eigenvalue weighted by molar-refractivity contribution is 5.63. The lowest BCUT2D eigenvalue weighted by molar-refractivity contribution is 0.631. The van der Waals surface area contributed by atoms with Crippen LogP contribution in [0.1, 0.15) is 0 Å². The minimum Gasteiger partial charge on any atom is -0.457 e. The van der Waals surface area contributed by atoms with E-state index in [-0.39, 0.29) is 0 Å². The number of hydrogen-bond acceptors (Lipinski definition) is 4. The summed E-state index contributed by atoms with van der Waals surface area (Å²) in [7, 11) is 0. The number of hydrogen-bond donors (Lipinski definition) is 0. The van der Waals surface area contributed by atoms with Crippen molar-refractivity contribution in [1.82, 2.24) is 0 Å². The van der Waals surface area contributed by atoms with Gasteiger partial charge in [-0.1, -0.05) is 12.1 Å². The summed E-state index contributed by atoms with van der Waals surface area (Å²) in [6.07, 6.45) is 0. The molecule has 0 aliphatic heterocycles. The maximum Gasteiger partial charge on any atom is 0.131 e. The Hall–Kier alpha value is -3.92. The van der Waals surface area contributed by atoms with E-state index >= 15 is 0 Å². The van der Waals surface area contributed by atoms with Gasteiger partial charge in [0.05, 0.1) is 0 Å². The Morgan fingerprint density at radius 1 is 0.286 bits per heavy atom. The maximum absolute atomic E-state index is 5.93. The van der Waals surface area contributed by atoms with Gasteiger partial charge in [0.2, 0.25) is 0 Å². The van der Waals surface area contributed by atoms with Crippen LogP contribution >= 0.6 is 0 Å². The van der Waals surface area contributed by atoms with Crippen LogP contribution in [-0.4, -0.2) is 0 Å². The van der Waals surface area contributed by atoms with Gasteiger partial charge in [0.15, 0.2) is 0 Å². The van der Waals surface area contributed by atoms with E-state index in [4.69, 9.17) is 17.7 Å². The van der Waals surface area contributed by atoms with Crippen molar-refractivity contribution in [3.63, 3.8) is 0 Å². The minimum atomic E-state index is 0.694. The molecular formula is C24H16O4. The molecule has 0 aliphatic rings. The molecule has 136 valence electrons. The molecule has 0 unspecified atom stereocenters. The first-order chi connectivity index (χ1) is 13.8. The molecule has 8 rings (SSSR count). The van der Waals surface area contributed by atoms with Crippen molar-refractivity contribution in [3.05, 3.63) is 97.1 Å². The predicted octanol–water partition coefficient (Wildman–Crippen LogP) is 7.48. The second kappa shape index (κ2) is 7.00. The summed E-state index contributed by atoms with van der Waals surface area (Å²) in [4.78, 5) is 0. The molecule has 4 nitrogen and oxygen atoms in total. The first kappa shape index (κ1) is 16.3. The summed E-state index contributed by atoms with van der Waals surface area (Å²) >= 11 is 0. The summed E-state index contributed by atoms with van der Waals surface area (Å²) in [6, 6.07) is 30.0. The van der Waals surface area contributed by atoms with Gasteiger partial charge in [0.1, 0.15) is 44.7 Å². The fourth-order valence-corrected chi connectivity index (χ4v) is 2.90. The number of rotatable bonds is 0. The average molecular weight is 368 g/mol. The van der Waals surface area contributed by atoms with Crippen LogP contribution < -0.4 is 0 Å². The van der Waals surface area contributed by atoms with Gasteiger partial charge < -0.3 is 17.7 Å². The molecule has 0 spiro atoms. The molecule has 0 fully saturated rings. The largest absolute Gasteiger partial charge is 0.457 e. The summed E-state index contributed by atoms with van der Waals surface area (Å²) in [5.74, 6) is 0. The topological polar surface area (TPSA) is 52.6 Å². The average Bonchev–Trinajstić information content (AvgIpc) is 2.71. The quantitative estimate of drug-likeness (QED) is 0.284. The molecule has 0 saturated heterocycles. The van der Waals surface area contributed by atoms with Gasteiger partial charge in [-0.25, -0.2) is 0 Å². The SMILES string of the molecule is c1cc2cc(c1)oc1ccc(cc1)oc1cccc(c1)oc1ccc(cc1)o2. The van der Waals surface area contributed by atoms with Gasteiger partial charge in [0, 0.05) is 12.1 Å². The van der Waals surface area contributed by atoms with Gasteiger partial charge in [-0.3, -0.25) is 0 Å². The fourth-order valence-electron chi connectivity index (χ4n) is 2.90. The Bertz CT molecular complexity index is 1170. The van der Waals surface area contributed by atoms with E-state index in [1.807, 2.05) is 97.1 Å². The van der Waals surface area contributed by atoms with Crippen LogP contribution in [0.25, 0.3) is 44.7 Å². The fraction of sp³-hybridized carbons (Fsp3) is 0. The molecule has 0 atom stereocenters. The second-order valence-corrected chi connectivity index (χ2v) is 6.30. The zero-order valence-electron chi connectivity index (χ0n) is 14.9. The molecule has 0 saturated carbocycles. The molecule has 4 aromatic heterocycles. The standard InChI is InChI=1S/C24H16O4/c1-3-21-15-22(4-1)26-18-9-13-20(14-10-18)28-24-6-2-5-23(16-24)27-19-11-7-17(25-21)8-12-19/h1-16H. The predicted molar refractivity (Wildman–Crippen MR) is 110 cm³/mol. The van der Waals surface area contributed by atoms with E-state index < -0.39 is 0 Å². The third-order valence-corrected chi connectivity index (χ3v) is 4.20. The molecule has 4 heteroatoms. The van der Waals surface area contributed by atoms with Crippen LogP contribution in [0.2, 0.25) is 0 Å². The van der Waals surface area contributed by atoms with E-state index in [0.29, 0.717) is 44.7 Å². The second-order valence-electron chi connectivity index (χ2n) is 6.30. The van der Waals surface area contributed by atoms with Gasteiger partial charge in [0.25, 0.3) is 0 Å². The normalized spacial score (nSPS) is 10.9. The van der Waals surface area contributed by atoms with E-state index in [1.165, 1.54) is 0 Å². The first-order valence-electron chi connectivity index (χ1n) is 8.92. The van der Waals surface area contributed by atoms with E-state index in [1.54, 1.807) is 0 Å². The summed E-state index contributed by atoms with van der Waals surface area (Å²) < 4.78 is 23.7. The van der Waals surface area contributed by atoms with E-state index in [0.717, 1.165) is 0 Å². The summed E-state index contributed by atoms with van der Waals surface area (Å²) in [5, 5.41) is 0. The van der Waals surface area contributed by atoms with Crippen LogP contribution in [0.5, 0.6) is 0 Å². The highest BCUT2D eigenvalue weighted by Gasteiger charge is 1.94. The lowest BCUT2D eigenvalue weighted by Gasteiger charge is -1.96. The monoisotopic (exact) mass is 368 g/mol. The van der Waals surface area contributed by atoms with Crippen LogP contribution in [0.4, 0.5) is 0 Å². The third-order valence-electron chi connectivity index (χ3n) is 4.20. The van der Waals surface area contributed by atoms with Crippen molar-refractivity contribution in [2.45, 2.75) is 0 Å². The van der Waals surface area contributed by atoms with Gasteiger partial charge in [-0.15, -0.1) is 0 Å². The smallest absolute Gasteiger partial charge is 0.131 e. The summed E-state index contributed by atoms with van der Waals surface area (Å²) in [5.41, 5.74) is 5.64. The van der Waals surface area contributed by atoms with Crippen molar-refractivity contribution in [1.29, 1.82) is 0 Å². The van der Waals surface area contributed by atoms with Crippen LogP contribution in [0.3, 0.4) is 0 Å². The molecule has 8 bridgehead atoms. The van der Waals surface area contributed by atoms with Crippen molar-refractivity contribution >= 4 is 44.7 Å². The lowest BCUT2D eigenvalue weighted by Crippen LogP contribution is -1.70. The maximum atomic E-state index is 5.93. The molecule has 0 amide bonds. The zero-order chi connectivity index (χ0) is 18.8. The molecule has 8 aromatic rings. The Morgan fingerprint density at radius 2 is 0.536 bits per heavy atom. The third kappa shape index (κ3) is 3.62. The molecule has 0 N–H and O–H groups in total. The minimum absolute atomic E-state index is 0.694. The Labute approximate surface area is 159 Å². The van der Waals surface area contributed by atoms with Crippen LogP contribution in [-0.2, 0) is 0 Å². The van der Waals surface area contributed by atoms with E-state index in [9.17, 15) is 0 Å². The van der Waals surface area contributed by atoms with Crippen molar-refractivity contribution in [2.24, 2.45) is 0 Å². The van der Waals surface area contributed by atoms with E-state index in [2.05, 4.69) is 0 Å². The molecule has 0 aliphatic carbocycles.